The molecule has 1 N–H and O–H groups in total. The summed E-state index contributed by atoms with van der Waals surface area (Å²) in [7, 11) is 0. The molecule has 0 aliphatic carbocycles. The van der Waals surface area contributed by atoms with Crippen LogP contribution in [0.1, 0.15) is 11.1 Å². The van der Waals surface area contributed by atoms with E-state index in [1.165, 1.54) is 11.8 Å². The maximum absolute atomic E-state index is 10.4. The summed E-state index contributed by atoms with van der Waals surface area (Å²) in [6, 6.07) is 7.82. The van der Waals surface area contributed by atoms with Crippen molar-refractivity contribution in [3.8, 4) is 6.07 Å². The first-order chi connectivity index (χ1) is 8.22. The summed E-state index contributed by atoms with van der Waals surface area (Å²) in [5.41, 5.74) is 2.37. The molecule has 17 heavy (non-hydrogen) atoms. The molecule has 0 unspecified atom stereocenters. The van der Waals surface area contributed by atoms with E-state index < -0.39 is 5.97 Å². The van der Waals surface area contributed by atoms with E-state index in [2.05, 4.69) is 6.07 Å². The summed E-state index contributed by atoms with van der Waals surface area (Å²) in [5.74, 6) is -0.245. The Morgan fingerprint density at radius 1 is 1.53 bits per heavy atom. The molecule has 86 valence electrons. The normalized spacial score (nSPS) is 10.3. The van der Waals surface area contributed by atoms with Gasteiger partial charge in [-0.2, -0.15) is 5.26 Å². The van der Waals surface area contributed by atoms with Crippen molar-refractivity contribution >= 4 is 23.2 Å². The first-order valence-electron chi connectivity index (χ1n) is 5.00. The molecule has 0 amide bonds. The van der Waals surface area contributed by atoms with Crippen molar-refractivity contribution in [3.63, 3.8) is 0 Å². The van der Waals surface area contributed by atoms with Crippen LogP contribution in [0, 0.1) is 11.3 Å². The molecule has 0 aromatic carbocycles. The van der Waals surface area contributed by atoms with Crippen LogP contribution in [0.25, 0.3) is 5.52 Å². The summed E-state index contributed by atoms with van der Waals surface area (Å²) in [6.45, 7) is 0. The number of carboxylic acids is 1. The van der Waals surface area contributed by atoms with Crippen molar-refractivity contribution in [2.24, 2.45) is 0 Å². The van der Waals surface area contributed by atoms with Gasteiger partial charge in [-0.25, -0.2) is 0 Å². The number of hydrogen-bond acceptors (Lipinski definition) is 3. The van der Waals surface area contributed by atoms with E-state index in [4.69, 9.17) is 10.4 Å². The largest absolute Gasteiger partial charge is 0.481 e. The van der Waals surface area contributed by atoms with Crippen molar-refractivity contribution in [3.05, 3.63) is 41.7 Å². The second-order valence-electron chi connectivity index (χ2n) is 3.52. The van der Waals surface area contributed by atoms with Gasteiger partial charge in [0, 0.05) is 18.1 Å². The molecule has 4 nitrogen and oxygen atoms in total. The number of aliphatic carboxylic acids is 1. The van der Waals surface area contributed by atoms with Gasteiger partial charge in [0.05, 0.1) is 16.8 Å². The van der Waals surface area contributed by atoms with Crippen molar-refractivity contribution in [2.75, 3.05) is 5.75 Å². The van der Waals surface area contributed by atoms with E-state index in [1.807, 2.05) is 35.0 Å². The summed E-state index contributed by atoms with van der Waals surface area (Å²) < 4.78 is 1.88. The minimum absolute atomic E-state index is 0.0526. The maximum Gasteiger partial charge on any atom is 0.313 e. The average Bonchev–Trinajstić information content (AvgIpc) is 2.66. The Balaban J connectivity index is 2.28. The molecule has 0 radical (unpaired) electrons. The van der Waals surface area contributed by atoms with Gasteiger partial charge in [-0.1, -0.05) is 6.07 Å². The van der Waals surface area contributed by atoms with Crippen LogP contribution in [-0.4, -0.2) is 21.2 Å². The average molecular weight is 246 g/mol. The van der Waals surface area contributed by atoms with Crippen molar-refractivity contribution in [1.82, 2.24) is 4.40 Å². The van der Waals surface area contributed by atoms with Gasteiger partial charge in [0.1, 0.15) is 6.07 Å². The second-order valence-corrected chi connectivity index (χ2v) is 4.51. The lowest BCUT2D eigenvalue weighted by molar-refractivity contribution is -0.133. The second kappa shape index (κ2) is 4.93. The third-order valence-electron chi connectivity index (χ3n) is 2.36. The van der Waals surface area contributed by atoms with Crippen LogP contribution in [-0.2, 0) is 10.5 Å². The van der Waals surface area contributed by atoms with Crippen LogP contribution in [0.5, 0.6) is 0 Å². The van der Waals surface area contributed by atoms with Crippen LogP contribution in [0.4, 0.5) is 0 Å². The fourth-order valence-corrected chi connectivity index (χ4v) is 2.38. The number of nitrogens with zero attached hydrogens (tertiary/aromatic N) is 2. The van der Waals surface area contributed by atoms with Crippen LogP contribution in [0.15, 0.2) is 30.6 Å². The first-order valence-corrected chi connectivity index (χ1v) is 6.16. The van der Waals surface area contributed by atoms with Crippen LogP contribution in [0.2, 0.25) is 0 Å². The van der Waals surface area contributed by atoms with Crippen molar-refractivity contribution in [1.29, 1.82) is 5.26 Å². The van der Waals surface area contributed by atoms with Gasteiger partial charge in [0.15, 0.2) is 0 Å². The molecular formula is C12H10N2O2S. The fraction of sp³-hybridized carbons (Fsp3) is 0.167. The Kier molecular flexibility index (Phi) is 3.35. The topological polar surface area (TPSA) is 65.5 Å². The van der Waals surface area contributed by atoms with E-state index in [-0.39, 0.29) is 5.75 Å². The highest BCUT2D eigenvalue weighted by Crippen LogP contribution is 2.22. The van der Waals surface area contributed by atoms with Crippen molar-refractivity contribution < 1.29 is 9.90 Å². The molecule has 0 bridgehead atoms. The number of aromatic nitrogens is 1. The van der Waals surface area contributed by atoms with E-state index in [0.717, 1.165) is 11.1 Å². The zero-order valence-corrected chi connectivity index (χ0v) is 9.78. The number of carbonyl (C=O) groups is 1. The van der Waals surface area contributed by atoms with Crippen LogP contribution < -0.4 is 0 Å². The Morgan fingerprint density at radius 3 is 3.06 bits per heavy atom. The predicted molar refractivity (Wildman–Crippen MR) is 65.9 cm³/mol. The van der Waals surface area contributed by atoms with Gasteiger partial charge in [0.25, 0.3) is 0 Å². The molecule has 0 saturated carbocycles. The van der Waals surface area contributed by atoms with Gasteiger partial charge in [-0.15, -0.1) is 11.8 Å². The number of fused-ring (bicyclic) bond motifs is 1. The minimum atomic E-state index is -0.836. The smallest absolute Gasteiger partial charge is 0.313 e. The van der Waals surface area contributed by atoms with E-state index in [0.29, 0.717) is 11.3 Å². The lowest BCUT2D eigenvalue weighted by Crippen LogP contribution is -1.98. The molecule has 0 saturated heterocycles. The summed E-state index contributed by atoms with van der Waals surface area (Å²) >= 11 is 1.30. The molecule has 0 fully saturated rings. The number of thioether (sulfide) groups is 1. The Hall–Kier alpha value is -1.93. The quantitative estimate of drug-likeness (QED) is 0.897. The number of nitriles is 1. The van der Waals surface area contributed by atoms with Gasteiger partial charge in [-0.3, -0.25) is 4.79 Å². The SMILES string of the molecule is N#Cc1c(CSCC(=O)O)cn2ccccc12. The Morgan fingerprint density at radius 2 is 2.35 bits per heavy atom. The van der Waals surface area contributed by atoms with Crippen LogP contribution >= 0.6 is 11.8 Å². The zero-order chi connectivity index (χ0) is 12.3. The zero-order valence-electron chi connectivity index (χ0n) is 8.96. The highest BCUT2D eigenvalue weighted by molar-refractivity contribution is 7.99. The summed E-state index contributed by atoms with van der Waals surface area (Å²) in [6.07, 6.45) is 3.75. The number of rotatable bonds is 4. The molecule has 2 rings (SSSR count). The highest BCUT2D eigenvalue weighted by atomic mass is 32.2. The van der Waals surface area contributed by atoms with Gasteiger partial charge < -0.3 is 9.51 Å². The summed E-state index contributed by atoms with van der Waals surface area (Å²) in [5, 5.41) is 17.7. The predicted octanol–water partition coefficient (Wildman–Crippen LogP) is 2.13. The van der Waals surface area contributed by atoms with Gasteiger partial charge in [-0.05, 0) is 17.7 Å². The lowest BCUT2D eigenvalue weighted by atomic mass is 10.2. The van der Waals surface area contributed by atoms with Gasteiger partial charge >= 0.3 is 5.97 Å². The minimum Gasteiger partial charge on any atom is -0.481 e. The van der Waals surface area contributed by atoms with Crippen LogP contribution in [0.3, 0.4) is 0 Å². The molecule has 5 heteroatoms. The molecule has 2 heterocycles. The highest BCUT2D eigenvalue weighted by Gasteiger charge is 2.10. The van der Waals surface area contributed by atoms with Gasteiger partial charge in [0.2, 0.25) is 0 Å². The molecule has 0 aliphatic rings. The first kappa shape index (κ1) is 11.6. The summed E-state index contributed by atoms with van der Waals surface area (Å²) in [4.78, 5) is 10.4. The number of pyridine rings is 1. The Labute approximate surface area is 102 Å². The molecule has 0 aliphatic heterocycles. The fourth-order valence-electron chi connectivity index (χ4n) is 1.66. The number of carboxylic acid groups (broad SMARTS) is 1. The molecule has 0 atom stereocenters. The van der Waals surface area contributed by atoms with E-state index >= 15 is 0 Å². The molecular weight excluding hydrogens is 236 g/mol. The molecule has 2 aromatic heterocycles. The molecule has 2 aromatic rings. The lowest BCUT2D eigenvalue weighted by Gasteiger charge is -1.95. The third kappa shape index (κ3) is 2.43. The monoisotopic (exact) mass is 246 g/mol. The Bertz CT molecular complexity index is 598. The van der Waals surface area contributed by atoms with E-state index in [9.17, 15) is 4.79 Å². The third-order valence-corrected chi connectivity index (χ3v) is 3.32. The standard InChI is InChI=1S/C12H10N2O2S/c13-5-10-9(7-17-8-12(15)16)6-14-4-2-1-3-11(10)14/h1-4,6H,7-8H2,(H,15,16). The van der Waals surface area contributed by atoms with E-state index in [1.54, 1.807) is 0 Å². The number of hydrogen-bond donors (Lipinski definition) is 1. The maximum atomic E-state index is 10.4. The molecule has 0 spiro atoms. The van der Waals surface area contributed by atoms with Crippen molar-refractivity contribution in [2.45, 2.75) is 5.75 Å².